The fourth-order valence-corrected chi connectivity index (χ4v) is 1.99. The Morgan fingerprint density at radius 3 is 3.00 bits per heavy atom. The van der Waals surface area contributed by atoms with Gasteiger partial charge in [-0.05, 0) is 18.9 Å². The molecule has 2 heteroatoms. The molecule has 0 amide bonds. The molecule has 1 aromatic carbocycles. The second-order valence-corrected chi connectivity index (χ2v) is 3.61. The summed E-state index contributed by atoms with van der Waals surface area (Å²) in [5, 5.41) is 2.34. The van der Waals surface area contributed by atoms with Crippen LogP contribution in [0.4, 0.5) is 0 Å². The van der Waals surface area contributed by atoms with Crippen LogP contribution in [0.3, 0.4) is 0 Å². The molecule has 0 radical (unpaired) electrons. The highest BCUT2D eigenvalue weighted by molar-refractivity contribution is 5.79. The van der Waals surface area contributed by atoms with Crippen molar-refractivity contribution >= 4 is 22.7 Å². The summed E-state index contributed by atoms with van der Waals surface area (Å²) in [6.45, 7) is 0. The monoisotopic (exact) mass is 185 g/mol. The van der Waals surface area contributed by atoms with Crippen molar-refractivity contribution in [2.24, 2.45) is 5.73 Å². The van der Waals surface area contributed by atoms with Gasteiger partial charge in [0.15, 0.2) is 5.42 Å². The van der Waals surface area contributed by atoms with Gasteiger partial charge in [-0.25, -0.2) is 0 Å². The van der Waals surface area contributed by atoms with Crippen LogP contribution in [0.1, 0.15) is 12.8 Å². The first-order valence-electron chi connectivity index (χ1n) is 4.82. The van der Waals surface area contributed by atoms with Gasteiger partial charge in [0.05, 0.1) is 5.70 Å². The van der Waals surface area contributed by atoms with E-state index in [1.165, 1.54) is 10.6 Å². The number of para-hydroxylation sites is 1. The molecule has 70 valence electrons. The van der Waals surface area contributed by atoms with Gasteiger partial charge in [0.2, 0.25) is 0 Å². The lowest BCUT2D eigenvalue weighted by Gasteiger charge is -1.99. The SMILES string of the molecule is NC1=c2oc3ccccc3c2=CCC1. The highest BCUT2D eigenvalue weighted by Gasteiger charge is 2.08. The van der Waals surface area contributed by atoms with Crippen molar-refractivity contribution in [3.05, 3.63) is 34.9 Å². The highest BCUT2D eigenvalue weighted by atomic mass is 16.3. The minimum Gasteiger partial charge on any atom is -0.454 e. The molecular formula is C12H11NO. The van der Waals surface area contributed by atoms with Crippen LogP contribution in [0.5, 0.6) is 0 Å². The van der Waals surface area contributed by atoms with Gasteiger partial charge in [-0.3, -0.25) is 0 Å². The molecule has 0 bridgehead atoms. The van der Waals surface area contributed by atoms with Gasteiger partial charge in [0, 0.05) is 10.6 Å². The zero-order valence-electron chi connectivity index (χ0n) is 7.79. The van der Waals surface area contributed by atoms with Gasteiger partial charge in [0.25, 0.3) is 0 Å². The Morgan fingerprint density at radius 1 is 1.21 bits per heavy atom. The molecule has 1 aliphatic carbocycles. The van der Waals surface area contributed by atoms with E-state index in [-0.39, 0.29) is 0 Å². The maximum atomic E-state index is 5.91. The first-order chi connectivity index (χ1) is 6.86. The Hall–Kier alpha value is -1.70. The normalized spacial score (nSPS) is 15.3. The van der Waals surface area contributed by atoms with Crippen molar-refractivity contribution in [2.75, 3.05) is 0 Å². The summed E-state index contributed by atoms with van der Waals surface area (Å²) < 4.78 is 5.71. The Kier molecular flexibility index (Phi) is 1.45. The van der Waals surface area contributed by atoms with Crippen LogP contribution in [0.25, 0.3) is 22.7 Å². The summed E-state index contributed by atoms with van der Waals surface area (Å²) in [6, 6.07) is 8.06. The summed E-state index contributed by atoms with van der Waals surface area (Å²) in [5.74, 6) is 0. The Balaban J connectivity index is 2.63. The Bertz CT molecular complexity index is 607. The van der Waals surface area contributed by atoms with E-state index in [1.54, 1.807) is 0 Å². The molecule has 2 nitrogen and oxygen atoms in total. The first-order valence-corrected chi connectivity index (χ1v) is 4.82. The fourth-order valence-electron chi connectivity index (χ4n) is 1.99. The molecule has 0 atom stereocenters. The predicted octanol–water partition coefficient (Wildman–Crippen LogP) is 1.07. The minimum atomic E-state index is 0.873. The van der Waals surface area contributed by atoms with Crippen molar-refractivity contribution < 1.29 is 4.42 Å². The van der Waals surface area contributed by atoms with E-state index >= 15 is 0 Å². The molecule has 1 heterocycles. The van der Waals surface area contributed by atoms with Crippen molar-refractivity contribution in [2.45, 2.75) is 12.8 Å². The number of furan rings is 1. The van der Waals surface area contributed by atoms with Gasteiger partial charge in [-0.1, -0.05) is 24.3 Å². The predicted molar refractivity (Wildman–Crippen MR) is 56.8 cm³/mol. The molecule has 0 unspecified atom stereocenters. The third-order valence-corrected chi connectivity index (χ3v) is 2.69. The first kappa shape index (κ1) is 7.68. The highest BCUT2D eigenvalue weighted by Crippen LogP contribution is 2.10. The third kappa shape index (κ3) is 0.909. The van der Waals surface area contributed by atoms with E-state index in [9.17, 15) is 0 Å². The van der Waals surface area contributed by atoms with Crippen LogP contribution in [-0.4, -0.2) is 0 Å². The number of hydrogen-bond donors (Lipinski definition) is 1. The summed E-state index contributed by atoms with van der Waals surface area (Å²) in [7, 11) is 0. The largest absolute Gasteiger partial charge is 0.454 e. The second kappa shape index (κ2) is 2.64. The van der Waals surface area contributed by atoms with Gasteiger partial charge in [-0.2, -0.15) is 0 Å². The minimum absolute atomic E-state index is 0.873. The van der Waals surface area contributed by atoms with Crippen LogP contribution in [-0.2, 0) is 0 Å². The lowest BCUT2D eigenvalue weighted by Crippen LogP contribution is -2.28. The Morgan fingerprint density at radius 2 is 2.07 bits per heavy atom. The lowest BCUT2D eigenvalue weighted by molar-refractivity contribution is 0.566. The zero-order valence-corrected chi connectivity index (χ0v) is 7.79. The van der Waals surface area contributed by atoms with Crippen LogP contribution >= 0.6 is 0 Å². The molecule has 0 aliphatic heterocycles. The van der Waals surface area contributed by atoms with Gasteiger partial charge in [0.1, 0.15) is 5.58 Å². The zero-order chi connectivity index (χ0) is 9.54. The van der Waals surface area contributed by atoms with Crippen molar-refractivity contribution in [3.8, 4) is 0 Å². The van der Waals surface area contributed by atoms with Crippen LogP contribution < -0.4 is 16.4 Å². The summed E-state index contributed by atoms with van der Waals surface area (Å²) in [5.41, 5.74) is 8.59. The van der Waals surface area contributed by atoms with E-state index < -0.39 is 0 Å². The molecule has 1 aliphatic rings. The van der Waals surface area contributed by atoms with Gasteiger partial charge < -0.3 is 10.2 Å². The van der Waals surface area contributed by atoms with Crippen LogP contribution in [0.15, 0.2) is 28.7 Å². The molecule has 1 aromatic heterocycles. The number of rotatable bonds is 0. The lowest BCUT2D eigenvalue weighted by atomic mass is 10.1. The van der Waals surface area contributed by atoms with Crippen molar-refractivity contribution in [1.82, 2.24) is 0 Å². The van der Waals surface area contributed by atoms with E-state index in [4.69, 9.17) is 10.2 Å². The molecule has 2 aromatic rings. The number of benzene rings is 1. The summed E-state index contributed by atoms with van der Waals surface area (Å²) in [6.07, 6.45) is 4.13. The standard InChI is InChI=1S/C12H11NO/c13-10-6-3-5-9-8-4-1-2-7-11(8)14-12(9)10/h1-2,4-5,7H,3,6,13H2. The molecule has 2 N–H and O–H groups in total. The molecular weight excluding hydrogens is 174 g/mol. The van der Waals surface area contributed by atoms with Crippen molar-refractivity contribution in [1.29, 1.82) is 0 Å². The van der Waals surface area contributed by atoms with Gasteiger partial charge in [-0.15, -0.1) is 0 Å². The van der Waals surface area contributed by atoms with Gasteiger partial charge >= 0.3 is 0 Å². The number of hydrogen-bond acceptors (Lipinski definition) is 2. The molecule has 3 rings (SSSR count). The smallest absolute Gasteiger partial charge is 0.153 e. The molecule has 14 heavy (non-hydrogen) atoms. The number of nitrogens with two attached hydrogens (primary N) is 1. The van der Waals surface area contributed by atoms with E-state index in [0.29, 0.717) is 0 Å². The van der Waals surface area contributed by atoms with E-state index in [0.717, 1.165) is 29.5 Å². The quantitative estimate of drug-likeness (QED) is 0.667. The average Bonchev–Trinajstić information content (AvgIpc) is 2.59. The summed E-state index contributed by atoms with van der Waals surface area (Å²) >= 11 is 0. The molecule has 0 saturated heterocycles. The topological polar surface area (TPSA) is 39.2 Å². The fraction of sp³-hybridized carbons (Fsp3) is 0.167. The van der Waals surface area contributed by atoms with Crippen molar-refractivity contribution in [3.63, 3.8) is 0 Å². The van der Waals surface area contributed by atoms with E-state index in [1.807, 2.05) is 18.2 Å². The molecule has 0 spiro atoms. The second-order valence-electron chi connectivity index (χ2n) is 3.61. The van der Waals surface area contributed by atoms with Crippen LogP contribution in [0.2, 0.25) is 0 Å². The maximum absolute atomic E-state index is 5.91. The Labute approximate surface area is 81.3 Å². The van der Waals surface area contributed by atoms with E-state index in [2.05, 4.69) is 12.1 Å². The molecule has 0 fully saturated rings. The average molecular weight is 185 g/mol. The summed E-state index contributed by atoms with van der Waals surface area (Å²) in [4.78, 5) is 0. The third-order valence-electron chi connectivity index (χ3n) is 2.69. The molecule has 0 saturated carbocycles. The van der Waals surface area contributed by atoms with Crippen LogP contribution in [0, 0.1) is 0 Å². The maximum Gasteiger partial charge on any atom is 0.153 e. The number of fused-ring (bicyclic) bond motifs is 3.